The van der Waals surface area contributed by atoms with Gasteiger partial charge in [-0.3, -0.25) is 4.79 Å². The number of hydrogen-bond acceptors (Lipinski definition) is 5. The fourth-order valence-corrected chi connectivity index (χ4v) is 3.26. The molecule has 1 aromatic carbocycles. The number of carboxylic acid groups (broad SMARTS) is 1. The molecule has 0 atom stereocenters. The lowest BCUT2D eigenvalue weighted by molar-refractivity contribution is -0.115. The molecule has 2 aromatic rings. The highest BCUT2D eigenvalue weighted by molar-refractivity contribution is 7.99. The molecule has 1 amide bonds. The second-order valence-electron chi connectivity index (χ2n) is 6.00. The van der Waals surface area contributed by atoms with Crippen LogP contribution in [0.2, 0.25) is 5.02 Å². The Balaban J connectivity index is 1.99. The maximum absolute atomic E-state index is 12.1. The number of hydrogen-bond donors (Lipinski definition) is 2. The van der Waals surface area contributed by atoms with Gasteiger partial charge in [0, 0.05) is 17.9 Å². The highest BCUT2D eigenvalue weighted by Crippen LogP contribution is 2.25. The summed E-state index contributed by atoms with van der Waals surface area (Å²) in [6.07, 6.45) is 0.163. The lowest BCUT2D eigenvalue weighted by Gasteiger charge is -2.10. The van der Waals surface area contributed by atoms with E-state index in [1.54, 1.807) is 6.07 Å². The van der Waals surface area contributed by atoms with Gasteiger partial charge in [0.25, 0.3) is 0 Å². The predicted octanol–water partition coefficient (Wildman–Crippen LogP) is 4.55. The molecule has 0 unspecified atom stereocenters. The number of rotatable bonds is 7. The lowest BCUT2D eigenvalue weighted by atomic mass is 10.1. The number of thioether (sulfide) groups is 1. The highest BCUT2D eigenvalue weighted by atomic mass is 35.5. The molecular formula is C19H18ClN3O3S. The number of aromatic nitrogens is 1. The minimum Gasteiger partial charge on any atom is -0.478 e. The third-order valence-electron chi connectivity index (χ3n) is 3.65. The zero-order valence-corrected chi connectivity index (χ0v) is 16.4. The molecule has 2 N–H and O–H groups in total. The van der Waals surface area contributed by atoms with E-state index in [9.17, 15) is 14.9 Å². The average molecular weight is 404 g/mol. The van der Waals surface area contributed by atoms with E-state index in [-0.39, 0.29) is 34.5 Å². The minimum atomic E-state index is -1.10. The summed E-state index contributed by atoms with van der Waals surface area (Å²) >= 11 is 7.34. The molecule has 0 aliphatic carbocycles. The Morgan fingerprint density at radius 3 is 2.70 bits per heavy atom. The first kappa shape index (κ1) is 20.7. The number of nitriles is 1. The number of anilines is 1. The van der Waals surface area contributed by atoms with Gasteiger partial charge in [-0.15, -0.1) is 11.8 Å². The summed E-state index contributed by atoms with van der Waals surface area (Å²) in [5.41, 5.74) is 1.65. The van der Waals surface area contributed by atoms with Gasteiger partial charge in [-0.1, -0.05) is 25.4 Å². The normalized spacial score (nSPS) is 10.5. The molecule has 0 aliphatic rings. The van der Waals surface area contributed by atoms with Crippen LogP contribution in [-0.4, -0.2) is 27.7 Å². The van der Waals surface area contributed by atoms with E-state index < -0.39 is 5.97 Å². The third-order valence-corrected chi connectivity index (χ3v) is 4.97. The molecule has 0 saturated heterocycles. The Kier molecular flexibility index (Phi) is 7.22. The maximum Gasteiger partial charge on any atom is 0.335 e. The van der Waals surface area contributed by atoms with Crippen LogP contribution in [0.15, 0.2) is 35.4 Å². The quantitative estimate of drug-likeness (QED) is 0.657. The van der Waals surface area contributed by atoms with Crippen molar-refractivity contribution in [2.24, 2.45) is 0 Å². The Morgan fingerprint density at radius 1 is 1.33 bits per heavy atom. The number of carboxylic acids is 1. The van der Waals surface area contributed by atoms with Gasteiger partial charge in [0.2, 0.25) is 5.91 Å². The topological polar surface area (TPSA) is 103 Å². The summed E-state index contributed by atoms with van der Waals surface area (Å²) in [4.78, 5) is 27.7. The van der Waals surface area contributed by atoms with E-state index in [0.717, 1.165) is 5.69 Å². The summed E-state index contributed by atoms with van der Waals surface area (Å²) in [7, 11) is 0. The largest absolute Gasteiger partial charge is 0.478 e. The number of halogens is 1. The number of aromatic carboxylic acids is 1. The van der Waals surface area contributed by atoms with Crippen molar-refractivity contribution in [2.75, 3.05) is 11.1 Å². The van der Waals surface area contributed by atoms with Crippen molar-refractivity contribution >= 4 is 40.9 Å². The number of amides is 1. The van der Waals surface area contributed by atoms with Gasteiger partial charge >= 0.3 is 5.97 Å². The molecule has 2 rings (SSSR count). The number of nitrogens with one attached hydrogen (secondary N) is 1. The van der Waals surface area contributed by atoms with Crippen LogP contribution in [0.25, 0.3) is 0 Å². The van der Waals surface area contributed by atoms with Gasteiger partial charge in [0.15, 0.2) is 0 Å². The van der Waals surface area contributed by atoms with Crippen molar-refractivity contribution < 1.29 is 14.7 Å². The Hall–Kier alpha value is -2.56. The average Bonchev–Trinajstić information content (AvgIpc) is 2.63. The molecule has 27 heavy (non-hydrogen) atoms. The van der Waals surface area contributed by atoms with Crippen molar-refractivity contribution in [1.29, 1.82) is 5.26 Å². The summed E-state index contributed by atoms with van der Waals surface area (Å²) in [6, 6.07) is 9.79. The second kappa shape index (κ2) is 9.40. The molecule has 8 heteroatoms. The Bertz CT molecular complexity index is 910. The van der Waals surface area contributed by atoms with Gasteiger partial charge in [0.1, 0.15) is 11.1 Å². The highest BCUT2D eigenvalue weighted by Gasteiger charge is 2.12. The van der Waals surface area contributed by atoms with Crippen LogP contribution in [0.5, 0.6) is 0 Å². The first-order valence-corrected chi connectivity index (χ1v) is 9.54. The fraction of sp³-hybridized carbons (Fsp3) is 0.263. The summed E-state index contributed by atoms with van der Waals surface area (Å²) in [6.45, 7) is 4.04. The van der Waals surface area contributed by atoms with Crippen LogP contribution < -0.4 is 5.32 Å². The molecule has 1 heterocycles. The lowest BCUT2D eigenvalue weighted by Crippen LogP contribution is -2.13. The fourth-order valence-electron chi connectivity index (χ4n) is 2.18. The van der Waals surface area contributed by atoms with E-state index in [0.29, 0.717) is 16.3 Å². The first-order chi connectivity index (χ1) is 12.8. The predicted molar refractivity (Wildman–Crippen MR) is 105 cm³/mol. The van der Waals surface area contributed by atoms with Crippen LogP contribution in [-0.2, 0) is 4.79 Å². The van der Waals surface area contributed by atoms with Crippen LogP contribution in [0.4, 0.5) is 5.69 Å². The monoisotopic (exact) mass is 403 g/mol. The molecule has 0 radical (unpaired) electrons. The molecule has 0 fully saturated rings. The molecule has 6 nitrogen and oxygen atoms in total. The molecule has 140 valence electrons. The number of nitrogens with zero attached hydrogens (tertiary/aromatic N) is 2. The number of benzene rings is 1. The molecule has 0 spiro atoms. The van der Waals surface area contributed by atoms with Crippen molar-refractivity contribution in [3.8, 4) is 6.07 Å². The van der Waals surface area contributed by atoms with Gasteiger partial charge in [0.05, 0.1) is 21.8 Å². The van der Waals surface area contributed by atoms with Crippen LogP contribution in [0.1, 0.15) is 47.8 Å². The van der Waals surface area contributed by atoms with E-state index in [1.807, 2.05) is 19.9 Å². The van der Waals surface area contributed by atoms with Crippen molar-refractivity contribution in [3.05, 3.63) is 52.2 Å². The summed E-state index contributed by atoms with van der Waals surface area (Å²) < 4.78 is 0. The van der Waals surface area contributed by atoms with Gasteiger partial charge in [-0.25, -0.2) is 9.78 Å². The molecule has 0 saturated carbocycles. The maximum atomic E-state index is 12.1. The van der Waals surface area contributed by atoms with Crippen LogP contribution in [0, 0.1) is 11.3 Å². The van der Waals surface area contributed by atoms with E-state index in [2.05, 4.69) is 16.4 Å². The van der Waals surface area contributed by atoms with Crippen LogP contribution in [0.3, 0.4) is 0 Å². The van der Waals surface area contributed by atoms with Crippen molar-refractivity contribution in [3.63, 3.8) is 0 Å². The third kappa shape index (κ3) is 5.71. The second-order valence-corrected chi connectivity index (χ2v) is 7.49. The zero-order valence-electron chi connectivity index (χ0n) is 14.8. The van der Waals surface area contributed by atoms with Crippen LogP contribution >= 0.6 is 23.4 Å². The number of carbonyl (C=O) groups excluding carboxylic acids is 1. The standard InChI is InChI=1S/C19H18ClN3O3S/c1-11(2)15-6-4-13(10-21)18(23-15)27-8-7-17(24)22-16-9-12(19(25)26)3-5-14(16)20/h3-6,9,11H,7-8H2,1-2H3,(H,22,24)(H,25,26). The van der Waals surface area contributed by atoms with Gasteiger partial charge in [-0.2, -0.15) is 5.26 Å². The SMILES string of the molecule is CC(C)c1ccc(C#N)c(SCCC(=O)Nc2cc(C(=O)O)ccc2Cl)n1. The number of carbonyl (C=O) groups is 2. The van der Waals surface area contributed by atoms with Gasteiger partial charge < -0.3 is 10.4 Å². The minimum absolute atomic E-state index is 0.0393. The van der Waals surface area contributed by atoms with Crippen molar-refractivity contribution in [1.82, 2.24) is 4.98 Å². The molecular weight excluding hydrogens is 386 g/mol. The summed E-state index contributed by atoms with van der Waals surface area (Å²) in [5, 5.41) is 21.7. The smallest absolute Gasteiger partial charge is 0.335 e. The van der Waals surface area contributed by atoms with E-state index in [4.69, 9.17) is 16.7 Å². The van der Waals surface area contributed by atoms with Gasteiger partial charge in [-0.05, 0) is 36.2 Å². The Morgan fingerprint density at radius 2 is 2.07 bits per heavy atom. The molecule has 1 aromatic heterocycles. The number of pyridine rings is 1. The summed E-state index contributed by atoms with van der Waals surface area (Å²) in [5.74, 6) is -0.738. The molecule has 0 bridgehead atoms. The molecule has 0 aliphatic heterocycles. The first-order valence-electron chi connectivity index (χ1n) is 8.18. The van der Waals surface area contributed by atoms with E-state index >= 15 is 0 Å². The van der Waals surface area contributed by atoms with Crippen molar-refractivity contribution in [2.45, 2.75) is 31.2 Å². The van der Waals surface area contributed by atoms with E-state index in [1.165, 1.54) is 30.0 Å². The zero-order chi connectivity index (χ0) is 20.0. The Labute approximate surface area is 166 Å².